The van der Waals surface area contributed by atoms with Crippen LogP contribution < -0.4 is 10.2 Å². The highest BCUT2D eigenvalue weighted by Crippen LogP contribution is 2.56. The summed E-state index contributed by atoms with van der Waals surface area (Å²) in [7, 11) is 42.3. The molecule has 4 heterocycles. The Morgan fingerprint density at radius 1 is 1.08 bits per heavy atom. The van der Waals surface area contributed by atoms with Crippen LogP contribution in [0.15, 0.2) is 36.5 Å². The van der Waals surface area contributed by atoms with Crippen LogP contribution in [-0.4, -0.2) is 96.9 Å². The van der Waals surface area contributed by atoms with Crippen molar-refractivity contribution in [2.24, 2.45) is 0 Å². The molecule has 164 valence electrons. The summed E-state index contributed by atoms with van der Waals surface area (Å²) in [6, 6.07) is 8.74. The Morgan fingerprint density at radius 3 is 2.41 bits per heavy atom. The SMILES string of the molecule is [B]C1([B])N(c2ccn(-c3cc(-c4c(F)cccc4C#N)nc4c3C(=O)NC4)n2)C([B])([B])[C@@]([B])(O)C1([B])[B]. The Bertz CT molecular complexity index is 1490. The minimum atomic E-state index is -2.68. The lowest BCUT2D eigenvalue weighted by Crippen LogP contribution is -2.63. The van der Waals surface area contributed by atoms with Crippen LogP contribution in [0.1, 0.15) is 21.6 Å². The third-order valence-electron chi connectivity index (χ3n) is 6.80. The Balaban J connectivity index is 1.69. The summed E-state index contributed by atoms with van der Waals surface area (Å²) in [6.45, 7) is 0.0676. The van der Waals surface area contributed by atoms with E-state index in [1.807, 2.05) is 6.07 Å². The van der Waals surface area contributed by atoms with Crippen molar-refractivity contribution in [3.05, 3.63) is 59.2 Å². The van der Waals surface area contributed by atoms with E-state index in [-0.39, 0.29) is 40.4 Å². The number of carbonyl (C=O) groups is 1. The first-order valence-corrected chi connectivity index (χ1v) is 10.8. The van der Waals surface area contributed by atoms with Gasteiger partial charge in [0.05, 0.1) is 93.5 Å². The number of halogens is 1. The third-order valence-corrected chi connectivity index (χ3v) is 6.80. The van der Waals surface area contributed by atoms with Gasteiger partial charge in [-0.2, -0.15) is 10.4 Å². The summed E-state index contributed by atoms with van der Waals surface area (Å²) >= 11 is 0. The number of nitriles is 1. The van der Waals surface area contributed by atoms with Gasteiger partial charge in [-0.25, -0.2) is 14.1 Å². The number of hydrogen-bond acceptors (Lipinski definition) is 6. The summed E-state index contributed by atoms with van der Waals surface area (Å²) in [6.07, 6.45) is 1.40. The smallest absolute Gasteiger partial charge is 0.255 e. The van der Waals surface area contributed by atoms with Gasteiger partial charge in [0.15, 0.2) is 0 Å². The number of anilines is 1. The molecular weight excluding hydrogens is 463 g/mol. The zero-order chi connectivity index (χ0) is 27.1. The van der Waals surface area contributed by atoms with Crippen molar-refractivity contribution < 1.29 is 14.3 Å². The molecule has 37 heavy (non-hydrogen) atoms. The summed E-state index contributed by atoms with van der Waals surface area (Å²) in [5.41, 5.74) is -1.94. The van der Waals surface area contributed by atoms with Crippen molar-refractivity contribution in [2.45, 2.75) is 27.9 Å². The molecule has 1 saturated heterocycles. The van der Waals surface area contributed by atoms with E-state index >= 15 is 0 Å². The molecule has 0 spiro atoms. The number of nitrogens with zero attached hydrogens (tertiary/aromatic N) is 5. The Labute approximate surface area is 221 Å². The molecule has 0 unspecified atom stereocenters. The van der Waals surface area contributed by atoms with Crippen LogP contribution in [0.4, 0.5) is 10.2 Å². The first-order chi connectivity index (χ1) is 17.2. The lowest BCUT2D eigenvalue weighted by Gasteiger charge is -2.47. The Morgan fingerprint density at radius 2 is 1.78 bits per heavy atom. The van der Waals surface area contributed by atoms with Crippen molar-refractivity contribution in [3.63, 3.8) is 0 Å². The Hall–Kier alpha value is -3.32. The topological polar surface area (TPSA) is 107 Å². The lowest BCUT2D eigenvalue weighted by atomic mass is 9.26. The van der Waals surface area contributed by atoms with Gasteiger partial charge >= 0.3 is 0 Å². The van der Waals surface area contributed by atoms with E-state index in [1.54, 1.807) is 0 Å². The van der Waals surface area contributed by atoms with E-state index in [2.05, 4.69) is 15.4 Å². The number of carbonyl (C=O) groups excluding carboxylic acids is 1. The second-order valence-electron chi connectivity index (χ2n) is 9.05. The molecular formula is C21H10B7FN6O2. The van der Waals surface area contributed by atoms with Gasteiger partial charge in [0, 0.05) is 17.8 Å². The molecule has 0 bridgehead atoms. The summed E-state index contributed by atoms with van der Waals surface area (Å²) in [4.78, 5) is 17.9. The van der Waals surface area contributed by atoms with Crippen molar-refractivity contribution in [3.8, 4) is 23.0 Å². The molecule has 14 radical (unpaired) electrons. The average Bonchev–Trinajstić information content (AvgIpc) is 3.46. The van der Waals surface area contributed by atoms with E-state index in [0.29, 0.717) is 5.69 Å². The standard InChI is InChI=1S/C21H10B7FN6O2/c22-18(23)19(24,37)21(27,28)35(20(18,25)26)14-4-5-34(33-14)13-6-11(32-12-8-31-17(36)16(12)13)15-9(7-30)2-1-3-10(15)29/h1-6,37H,8H2,(H,31,36)/t19-/m0/s1. The molecule has 1 fully saturated rings. The number of fused-ring (bicyclic) bond motifs is 1. The normalized spacial score (nSPS) is 22.8. The maximum atomic E-state index is 14.8. The predicted octanol–water partition coefficient (Wildman–Crippen LogP) is -1.70. The highest BCUT2D eigenvalue weighted by Gasteiger charge is 2.65. The molecule has 0 aliphatic carbocycles. The highest BCUT2D eigenvalue weighted by molar-refractivity contribution is 6.63. The second kappa shape index (κ2) is 7.84. The first kappa shape index (κ1) is 25.3. The van der Waals surface area contributed by atoms with Crippen LogP contribution in [-0.2, 0) is 6.54 Å². The molecule has 5 rings (SSSR count). The minimum absolute atomic E-state index is 0.0459. The molecule has 1 aromatic carbocycles. The molecule has 3 aromatic rings. The van der Waals surface area contributed by atoms with Crippen molar-refractivity contribution in [1.82, 2.24) is 20.1 Å². The maximum Gasteiger partial charge on any atom is 0.255 e. The third kappa shape index (κ3) is 3.23. The molecule has 16 heteroatoms. The number of nitrogens with one attached hydrogen (secondary N) is 1. The van der Waals surface area contributed by atoms with Gasteiger partial charge in [0.25, 0.3) is 5.91 Å². The fourth-order valence-corrected chi connectivity index (χ4v) is 4.64. The summed E-state index contributed by atoms with van der Waals surface area (Å²) < 4.78 is 16.0. The van der Waals surface area contributed by atoms with Crippen LogP contribution >= 0.6 is 0 Å². The number of pyridine rings is 1. The van der Waals surface area contributed by atoms with Crippen LogP contribution in [0.25, 0.3) is 16.9 Å². The minimum Gasteiger partial charge on any atom is -0.400 e. The van der Waals surface area contributed by atoms with Crippen LogP contribution in [0, 0.1) is 17.1 Å². The molecule has 8 nitrogen and oxygen atoms in total. The van der Waals surface area contributed by atoms with E-state index in [1.165, 1.54) is 41.2 Å². The fourth-order valence-electron chi connectivity index (χ4n) is 4.64. The first-order valence-electron chi connectivity index (χ1n) is 10.8. The van der Waals surface area contributed by atoms with Crippen LogP contribution in [0.5, 0.6) is 0 Å². The molecule has 2 N–H and O–H groups in total. The quantitative estimate of drug-likeness (QED) is 0.440. The van der Waals surface area contributed by atoms with Gasteiger partial charge in [0.2, 0.25) is 0 Å². The number of hydrogen-bond donors (Lipinski definition) is 2. The zero-order valence-electron chi connectivity index (χ0n) is 19.2. The van der Waals surface area contributed by atoms with Gasteiger partial charge in [-0.1, -0.05) is 11.3 Å². The molecule has 0 saturated carbocycles. The number of aliphatic hydroxyl groups is 1. The maximum absolute atomic E-state index is 14.8. The van der Waals surface area contributed by atoms with Gasteiger partial charge in [-0.3, -0.25) is 4.79 Å². The van der Waals surface area contributed by atoms with Crippen LogP contribution in [0.3, 0.4) is 0 Å². The van der Waals surface area contributed by atoms with Gasteiger partial charge in [-0.05, 0) is 28.9 Å². The molecule has 2 aliphatic heterocycles. The summed E-state index contributed by atoms with van der Waals surface area (Å²) in [5, 5.41) is 20.2. The van der Waals surface area contributed by atoms with Crippen molar-refractivity contribution in [2.75, 3.05) is 4.90 Å². The van der Waals surface area contributed by atoms with E-state index in [0.717, 1.165) is 4.90 Å². The van der Waals surface area contributed by atoms with E-state index < -0.39 is 33.1 Å². The molecule has 1 atom stereocenters. The van der Waals surface area contributed by atoms with Crippen molar-refractivity contribution >= 4 is 66.6 Å². The fraction of sp³-hybridized carbons (Fsp3) is 0.238. The largest absolute Gasteiger partial charge is 0.400 e. The number of amides is 1. The van der Waals surface area contributed by atoms with Crippen molar-refractivity contribution in [1.29, 1.82) is 5.26 Å². The molecule has 2 aromatic heterocycles. The summed E-state index contributed by atoms with van der Waals surface area (Å²) in [5.74, 6) is -1.23. The number of rotatable bonds is 3. The van der Waals surface area contributed by atoms with Gasteiger partial charge in [-0.15, -0.1) is 0 Å². The number of aromatic nitrogens is 3. The lowest BCUT2D eigenvalue weighted by molar-refractivity contribution is 0.0965. The van der Waals surface area contributed by atoms with Gasteiger partial charge < -0.3 is 15.3 Å². The van der Waals surface area contributed by atoms with Gasteiger partial charge in [0.1, 0.15) is 19.5 Å². The predicted molar refractivity (Wildman–Crippen MR) is 138 cm³/mol. The zero-order valence-corrected chi connectivity index (χ0v) is 19.2. The highest BCUT2D eigenvalue weighted by atomic mass is 19.1. The monoisotopic (exact) mass is 474 g/mol. The average molecular weight is 473 g/mol. The Kier molecular flexibility index (Phi) is 5.37. The van der Waals surface area contributed by atoms with E-state index in [9.17, 15) is 19.6 Å². The van der Waals surface area contributed by atoms with E-state index in [4.69, 9.17) is 54.9 Å². The number of benzene rings is 1. The second-order valence-corrected chi connectivity index (χ2v) is 9.05. The molecule has 2 aliphatic rings. The van der Waals surface area contributed by atoms with Crippen LogP contribution in [0.2, 0.25) is 5.21 Å². The molecule has 1 amide bonds.